The number of carbonyl (C=O) groups excluding carboxylic acids is 2. The molecule has 0 aromatic heterocycles. The van der Waals surface area contributed by atoms with Crippen LogP contribution in [0.2, 0.25) is 0 Å². The normalized spacial score (nSPS) is 12.4. The lowest BCUT2D eigenvalue weighted by Gasteiger charge is -2.21. The average molecular weight is 287 g/mol. The molecule has 5 heteroatoms. The fourth-order valence-corrected chi connectivity index (χ4v) is 1.54. The number of esters is 2. The number of hydrogen-bond acceptors (Lipinski definition) is 5. The number of ether oxygens (including phenoxy) is 2. The third-order valence-electron chi connectivity index (χ3n) is 2.28. The molecule has 20 heavy (non-hydrogen) atoms. The predicted molar refractivity (Wildman–Crippen MR) is 78.1 cm³/mol. The van der Waals surface area contributed by atoms with Crippen LogP contribution in [-0.4, -0.2) is 29.2 Å². The minimum absolute atomic E-state index is 0.199. The van der Waals surface area contributed by atoms with Crippen LogP contribution in [0.1, 0.15) is 67.2 Å². The van der Waals surface area contributed by atoms with Gasteiger partial charge >= 0.3 is 11.9 Å². The molecule has 2 N–H and O–H groups in total. The van der Waals surface area contributed by atoms with Crippen molar-refractivity contribution < 1.29 is 19.1 Å². The first-order valence-electron chi connectivity index (χ1n) is 7.08. The standard InChI is InChI=1S/C15H29NO4/c1-14(2,3)19-12(17)9-7-11(16)8-10-13(18)20-15(4,5)6/h11H,7-10,16H2,1-6H3. The molecule has 0 unspecified atom stereocenters. The van der Waals surface area contributed by atoms with Crippen LogP contribution in [0.5, 0.6) is 0 Å². The van der Waals surface area contributed by atoms with Gasteiger partial charge in [0.15, 0.2) is 0 Å². The highest BCUT2D eigenvalue weighted by Gasteiger charge is 2.19. The van der Waals surface area contributed by atoms with Crippen molar-refractivity contribution in [1.82, 2.24) is 0 Å². The van der Waals surface area contributed by atoms with E-state index in [0.29, 0.717) is 12.8 Å². The fraction of sp³-hybridized carbons (Fsp3) is 0.867. The van der Waals surface area contributed by atoms with Crippen molar-refractivity contribution in [2.45, 2.75) is 84.5 Å². The van der Waals surface area contributed by atoms with Crippen molar-refractivity contribution >= 4 is 11.9 Å². The Labute approximate surface area is 122 Å². The van der Waals surface area contributed by atoms with Crippen molar-refractivity contribution in [2.75, 3.05) is 0 Å². The molecular formula is C15H29NO4. The summed E-state index contributed by atoms with van der Waals surface area (Å²) in [4.78, 5) is 23.0. The van der Waals surface area contributed by atoms with Crippen molar-refractivity contribution in [1.29, 1.82) is 0 Å². The summed E-state index contributed by atoms with van der Waals surface area (Å²) >= 11 is 0. The Bertz CT molecular complexity index is 294. The Morgan fingerprint density at radius 2 is 1.15 bits per heavy atom. The number of hydrogen-bond donors (Lipinski definition) is 1. The van der Waals surface area contributed by atoms with Crippen LogP contribution in [0.3, 0.4) is 0 Å². The summed E-state index contributed by atoms with van der Waals surface area (Å²) in [5.74, 6) is -0.518. The molecular weight excluding hydrogens is 258 g/mol. The molecule has 0 atom stereocenters. The van der Waals surface area contributed by atoms with E-state index in [-0.39, 0.29) is 30.8 Å². The molecule has 0 aliphatic carbocycles. The van der Waals surface area contributed by atoms with Gasteiger partial charge in [0, 0.05) is 18.9 Å². The molecule has 0 amide bonds. The van der Waals surface area contributed by atoms with Gasteiger partial charge in [-0.25, -0.2) is 0 Å². The average Bonchev–Trinajstić information content (AvgIpc) is 2.18. The van der Waals surface area contributed by atoms with Crippen LogP contribution in [0, 0.1) is 0 Å². The van der Waals surface area contributed by atoms with E-state index in [9.17, 15) is 9.59 Å². The van der Waals surface area contributed by atoms with E-state index in [1.807, 2.05) is 41.5 Å². The molecule has 0 bridgehead atoms. The van der Waals surface area contributed by atoms with Crippen LogP contribution < -0.4 is 5.73 Å². The molecule has 0 spiro atoms. The van der Waals surface area contributed by atoms with Gasteiger partial charge in [-0.1, -0.05) is 0 Å². The predicted octanol–water partition coefficient (Wildman–Crippen LogP) is 2.56. The SMILES string of the molecule is CC(C)(C)OC(=O)CCC(N)CCC(=O)OC(C)(C)C. The van der Waals surface area contributed by atoms with Gasteiger partial charge in [0.1, 0.15) is 11.2 Å². The summed E-state index contributed by atoms with van der Waals surface area (Å²) in [5.41, 5.74) is 4.93. The highest BCUT2D eigenvalue weighted by Crippen LogP contribution is 2.13. The minimum atomic E-state index is -0.475. The molecule has 0 aromatic carbocycles. The highest BCUT2D eigenvalue weighted by molar-refractivity contribution is 5.70. The molecule has 0 saturated heterocycles. The molecule has 0 radical (unpaired) electrons. The molecule has 0 aliphatic rings. The first-order chi connectivity index (χ1) is 8.89. The van der Waals surface area contributed by atoms with E-state index in [4.69, 9.17) is 15.2 Å². The lowest BCUT2D eigenvalue weighted by molar-refractivity contribution is -0.155. The second kappa shape index (κ2) is 7.62. The summed E-state index contributed by atoms with van der Waals surface area (Å²) in [6.07, 6.45) is 1.56. The highest BCUT2D eigenvalue weighted by atomic mass is 16.6. The Hall–Kier alpha value is -1.10. The Balaban J connectivity index is 3.87. The lowest BCUT2D eigenvalue weighted by atomic mass is 10.1. The summed E-state index contributed by atoms with van der Waals surface area (Å²) in [6.45, 7) is 11.0. The zero-order valence-corrected chi connectivity index (χ0v) is 13.6. The molecule has 5 nitrogen and oxygen atoms in total. The monoisotopic (exact) mass is 287 g/mol. The smallest absolute Gasteiger partial charge is 0.306 e. The summed E-state index contributed by atoms with van der Waals surface area (Å²) in [6, 6.07) is -0.199. The van der Waals surface area contributed by atoms with Crippen molar-refractivity contribution in [3.8, 4) is 0 Å². The van der Waals surface area contributed by atoms with Gasteiger partial charge in [0.2, 0.25) is 0 Å². The Morgan fingerprint density at radius 1 is 0.850 bits per heavy atom. The van der Waals surface area contributed by atoms with E-state index in [1.54, 1.807) is 0 Å². The minimum Gasteiger partial charge on any atom is -0.460 e. The second-order valence-electron chi connectivity index (χ2n) is 7.01. The van der Waals surface area contributed by atoms with Crippen LogP contribution >= 0.6 is 0 Å². The van der Waals surface area contributed by atoms with Gasteiger partial charge in [0.05, 0.1) is 0 Å². The largest absolute Gasteiger partial charge is 0.460 e. The van der Waals surface area contributed by atoms with Crippen LogP contribution in [0.15, 0.2) is 0 Å². The maximum absolute atomic E-state index is 11.5. The maximum Gasteiger partial charge on any atom is 0.306 e. The molecule has 0 saturated carbocycles. The van der Waals surface area contributed by atoms with E-state index < -0.39 is 11.2 Å². The van der Waals surface area contributed by atoms with Gasteiger partial charge in [0.25, 0.3) is 0 Å². The number of nitrogens with two attached hydrogens (primary N) is 1. The molecule has 118 valence electrons. The number of rotatable bonds is 6. The molecule has 0 fully saturated rings. The Kier molecular flexibility index (Phi) is 7.20. The second-order valence-corrected chi connectivity index (χ2v) is 7.01. The van der Waals surface area contributed by atoms with E-state index in [2.05, 4.69) is 0 Å². The zero-order chi connectivity index (χ0) is 16.0. The van der Waals surface area contributed by atoms with Gasteiger partial charge in [-0.3, -0.25) is 9.59 Å². The molecule has 0 aromatic rings. The topological polar surface area (TPSA) is 78.6 Å². The van der Waals surface area contributed by atoms with Gasteiger partial charge in [-0.05, 0) is 54.4 Å². The summed E-state index contributed by atoms with van der Waals surface area (Å²) < 4.78 is 10.4. The van der Waals surface area contributed by atoms with E-state index in [1.165, 1.54) is 0 Å². The molecule has 0 heterocycles. The van der Waals surface area contributed by atoms with E-state index in [0.717, 1.165) is 0 Å². The first-order valence-corrected chi connectivity index (χ1v) is 7.08. The van der Waals surface area contributed by atoms with Crippen LogP contribution in [0.25, 0.3) is 0 Å². The summed E-state index contributed by atoms with van der Waals surface area (Å²) in [7, 11) is 0. The van der Waals surface area contributed by atoms with Crippen molar-refractivity contribution in [3.05, 3.63) is 0 Å². The Morgan fingerprint density at radius 3 is 1.40 bits per heavy atom. The quantitative estimate of drug-likeness (QED) is 0.759. The van der Waals surface area contributed by atoms with Crippen LogP contribution in [0.4, 0.5) is 0 Å². The zero-order valence-electron chi connectivity index (χ0n) is 13.6. The maximum atomic E-state index is 11.5. The number of carbonyl (C=O) groups is 2. The van der Waals surface area contributed by atoms with Crippen molar-refractivity contribution in [3.63, 3.8) is 0 Å². The lowest BCUT2D eigenvalue weighted by Crippen LogP contribution is -2.28. The third kappa shape index (κ3) is 12.0. The van der Waals surface area contributed by atoms with Crippen molar-refractivity contribution in [2.24, 2.45) is 5.73 Å². The third-order valence-corrected chi connectivity index (χ3v) is 2.28. The van der Waals surface area contributed by atoms with Crippen LogP contribution in [-0.2, 0) is 19.1 Å². The first kappa shape index (κ1) is 18.9. The molecule has 0 aliphatic heterocycles. The van der Waals surface area contributed by atoms with Gasteiger partial charge in [-0.15, -0.1) is 0 Å². The van der Waals surface area contributed by atoms with Gasteiger partial charge in [-0.2, -0.15) is 0 Å². The van der Waals surface area contributed by atoms with E-state index >= 15 is 0 Å². The molecule has 0 rings (SSSR count). The fourth-order valence-electron chi connectivity index (χ4n) is 1.54. The van der Waals surface area contributed by atoms with Gasteiger partial charge < -0.3 is 15.2 Å². The summed E-state index contributed by atoms with van der Waals surface area (Å²) in [5, 5.41) is 0.